The summed E-state index contributed by atoms with van der Waals surface area (Å²) in [6.07, 6.45) is 0. The van der Waals surface area contributed by atoms with Crippen molar-refractivity contribution in [3.8, 4) is 5.75 Å². The molecule has 3 rings (SSSR count). The fraction of sp³-hybridized carbons (Fsp3) is 0.0909. The van der Waals surface area contributed by atoms with Crippen molar-refractivity contribution in [2.75, 3.05) is 11.9 Å². The van der Waals surface area contributed by atoms with Crippen LogP contribution < -0.4 is 10.1 Å². The van der Waals surface area contributed by atoms with E-state index in [1.807, 2.05) is 30.3 Å². The predicted octanol–water partition coefficient (Wildman–Crippen LogP) is 4.34. The minimum atomic E-state index is -1.25. The number of halogens is 2. The number of benzene rings is 3. The van der Waals surface area contributed by atoms with E-state index in [0.29, 0.717) is 18.0 Å². The molecule has 0 saturated heterocycles. The van der Waals surface area contributed by atoms with Gasteiger partial charge in [-0.2, -0.15) is 0 Å². The van der Waals surface area contributed by atoms with Gasteiger partial charge in [-0.05, 0) is 42.0 Å². The molecule has 0 heterocycles. The van der Waals surface area contributed by atoms with Crippen molar-refractivity contribution in [2.45, 2.75) is 6.61 Å². The molecule has 0 spiro atoms. The molecule has 5 nitrogen and oxygen atoms in total. The fourth-order valence-electron chi connectivity index (χ4n) is 2.47. The van der Waals surface area contributed by atoms with Gasteiger partial charge in [-0.1, -0.05) is 36.4 Å². The molecule has 0 saturated carbocycles. The molecule has 148 valence electrons. The largest absolute Gasteiger partial charge is 0.489 e. The number of carbonyl (C=O) groups excluding carboxylic acids is 2. The highest BCUT2D eigenvalue weighted by Crippen LogP contribution is 2.17. The van der Waals surface area contributed by atoms with Gasteiger partial charge < -0.3 is 14.8 Å². The first-order valence-electron chi connectivity index (χ1n) is 8.70. The van der Waals surface area contributed by atoms with Gasteiger partial charge in [0, 0.05) is 5.69 Å². The standard InChI is InChI=1S/C22H17F2NO4/c23-18-7-4-8-19(24)21(18)22(27)29-14-20(26)25-16-9-11-17(12-10-16)28-13-15-5-2-1-3-6-15/h1-12H,13-14H2,(H,25,26). The minimum absolute atomic E-state index is 0.412. The van der Waals surface area contributed by atoms with Gasteiger partial charge in [0.25, 0.3) is 5.91 Å². The third-order valence-electron chi connectivity index (χ3n) is 3.89. The zero-order valence-electron chi connectivity index (χ0n) is 15.2. The van der Waals surface area contributed by atoms with E-state index in [4.69, 9.17) is 4.74 Å². The molecular weight excluding hydrogens is 380 g/mol. The number of carbonyl (C=O) groups is 2. The number of ether oxygens (including phenoxy) is 2. The second-order valence-corrected chi connectivity index (χ2v) is 6.02. The molecule has 29 heavy (non-hydrogen) atoms. The van der Waals surface area contributed by atoms with E-state index >= 15 is 0 Å². The summed E-state index contributed by atoms with van der Waals surface area (Å²) in [5.74, 6) is -3.38. The third-order valence-corrected chi connectivity index (χ3v) is 3.89. The summed E-state index contributed by atoms with van der Waals surface area (Å²) in [5.41, 5.74) is 0.647. The van der Waals surface area contributed by atoms with Crippen molar-refractivity contribution in [2.24, 2.45) is 0 Å². The number of hydrogen-bond acceptors (Lipinski definition) is 4. The van der Waals surface area contributed by atoms with Crippen LogP contribution in [0.5, 0.6) is 5.75 Å². The molecule has 3 aromatic rings. The Kier molecular flexibility index (Phi) is 6.52. The maximum atomic E-state index is 13.5. The molecule has 0 unspecified atom stereocenters. The average Bonchev–Trinajstić information content (AvgIpc) is 2.72. The molecule has 0 radical (unpaired) electrons. The van der Waals surface area contributed by atoms with Gasteiger partial charge in [0.2, 0.25) is 0 Å². The summed E-state index contributed by atoms with van der Waals surface area (Å²) in [7, 11) is 0. The Bertz CT molecular complexity index is 971. The lowest BCUT2D eigenvalue weighted by Gasteiger charge is -2.09. The van der Waals surface area contributed by atoms with Gasteiger partial charge in [-0.15, -0.1) is 0 Å². The van der Waals surface area contributed by atoms with Gasteiger partial charge in [-0.3, -0.25) is 4.79 Å². The van der Waals surface area contributed by atoms with E-state index in [1.165, 1.54) is 0 Å². The lowest BCUT2D eigenvalue weighted by molar-refractivity contribution is -0.119. The fourth-order valence-corrected chi connectivity index (χ4v) is 2.47. The highest BCUT2D eigenvalue weighted by Gasteiger charge is 2.19. The Morgan fingerprint density at radius 2 is 1.48 bits per heavy atom. The summed E-state index contributed by atoms with van der Waals surface area (Å²) in [6, 6.07) is 19.3. The molecule has 0 atom stereocenters. The number of rotatable bonds is 7. The number of hydrogen-bond donors (Lipinski definition) is 1. The smallest absolute Gasteiger partial charge is 0.344 e. The van der Waals surface area contributed by atoms with Crippen molar-refractivity contribution in [1.82, 2.24) is 0 Å². The van der Waals surface area contributed by atoms with Gasteiger partial charge in [-0.25, -0.2) is 13.6 Å². The molecule has 0 aliphatic carbocycles. The molecule has 0 fully saturated rings. The first-order chi connectivity index (χ1) is 14.0. The normalized spacial score (nSPS) is 10.3. The van der Waals surface area contributed by atoms with Crippen LogP contribution in [0.2, 0.25) is 0 Å². The van der Waals surface area contributed by atoms with E-state index in [0.717, 1.165) is 23.8 Å². The van der Waals surface area contributed by atoms with Crippen molar-refractivity contribution >= 4 is 17.6 Å². The maximum absolute atomic E-state index is 13.5. The van der Waals surface area contributed by atoms with Crippen LogP contribution in [0.1, 0.15) is 15.9 Å². The molecule has 1 amide bonds. The predicted molar refractivity (Wildman–Crippen MR) is 102 cm³/mol. The van der Waals surface area contributed by atoms with Gasteiger partial charge in [0.1, 0.15) is 29.6 Å². The third kappa shape index (κ3) is 5.62. The Labute approximate surface area is 165 Å². The van der Waals surface area contributed by atoms with Crippen molar-refractivity contribution < 1.29 is 27.8 Å². The van der Waals surface area contributed by atoms with Gasteiger partial charge >= 0.3 is 5.97 Å². The van der Waals surface area contributed by atoms with E-state index in [-0.39, 0.29) is 0 Å². The number of nitrogens with one attached hydrogen (secondary N) is 1. The Morgan fingerprint density at radius 3 is 2.14 bits per heavy atom. The second-order valence-electron chi connectivity index (χ2n) is 6.02. The monoisotopic (exact) mass is 397 g/mol. The Morgan fingerprint density at radius 1 is 0.828 bits per heavy atom. The topological polar surface area (TPSA) is 64.6 Å². The Balaban J connectivity index is 1.48. The molecule has 3 aromatic carbocycles. The van der Waals surface area contributed by atoms with Crippen LogP contribution in [0.15, 0.2) is 72.8 Å². The van der Waals surface area contributed by atoms with E-state index in [2.05, 4.69) is 10.1 Å². The summed E-state index contributed by atoms with van der Waals surface area (Å²) < 4.78 is 37.4. The zero-order chi connectivity index (χ0) is 20.6. The van der Waals surface area contributed by atoms with E-state index < -0.39 is 35.7 Å². The van der Waals surface area contributed by atoms with Crippen molar-refractivity contribution in [3.63, 3.8) is 0 Å². The van der Waals surface area contributed by atoms with Crippen LogP contribution in [0, 0.1) is 11.6 Å². The molecule has 0 aliphatic rings. The summed E-state index contributed by atoms with van der Waals surface area (Å²) in [4.78, 5) is 23.7. The van der Waals surface area contributed by atoms with Crippen LogP contribution in [0.3, 0.4) is 0 Å². The molecule has 0 aliphatic heterocycles. The summed E-state index contributed by atoms with van der Waals surface area (Å²) >= 11 is 0. The Hall–Kier alpha value is -3.74. The van der Waals surface area contributed by atoms with Crippen molar-refractivity contribution in [3.05, 3.63) is 95.6 Å². The molecule has 7 heteroatoms. The highest BCUT2D eigenvalue weighted by atomic mass is 19.1. The minimum Gasteiger partial charge on any atom is -0.489 e. The summed E-state index contributed by atoms with van der Waals surface area (Å²) in [6.45, 7) is -0.270. The first kappa shape index (κ1) is 20.0. The van der Waals surface area contributed by atoms with Crippen LogP contribution >= 0.6 is 0 Å². The van der Waals surface area contributed by atoms with E-state index in [1.54, 1.807) is 24.3 Å². The number of amides is 1. The molecule has 1 N–H and O–H groups in total. The number of esters is 1. The quantitative estimate of drug-likeness (QED) is 0.603. The second kappa shape index (κ2) is 9.45. The SMILES string of the molecule is O=C(COC(=O)c1c(F)cccc1F)Nc1ccc(OCc2ccccc2)cc1. The lowest BCUT2D eigenvalue weighted by atomic mass is 10.2. The van der Waals surface area contributed by atoms with Crippen LogP contribution in [0.25, 0.3) is 0 Å². The number of anilines is 1. The summed E-state index contributed by atoms with van der Waals surface area (Å²) in [5, 5.41) is 2.52. The van der Waals surface area contributed by atoms with E-state index in [9.17, 15) is 18.4 Å². The van der Waals surface area contributed by atoms with Gasteiger partial charge in [0.05, 0.1) is 0 Å². The van der Waals surface area contributed by atoms with Crippen LogP contribution in [0.4, 0.5) is 14.5 Å². The molecule has 0 bridgehead atoms. The first-order valence-corrected chi connectivity index (χ1v) is 8.70. The lowest BCUT2D eigenvalue weighted by Crippen LogP contribution is -2.21. The van der Waals surface area contributed by atoms with Crippen molar-refractivity contribution in [1.29, 1.82) is 0 Å². The zero-order valence-corrected chi connectivity index (χ0v) is 15.2. The molecular formula is C22H17F2NO4. The highest BCUT2D eigenvalue weighted by molar-refractivity contribution is 5.95. The van der Waals surface area contributed by atoms with Gasteiger partial charge in [0.15, 0.2) is 6.61 Å². The maximum Gasteiger partial charge on any atom is 0.344 e. The van der Waals surface area contributed by atoms with Crippen LogP contribution in [-0.4, -0.2) is 18.5 Å². The van der Waals surface area contributed by atoms with Crippen LogP contribution in [-0.2, 0) is 16.1 Å². The molecule has 0 aromatic heterocycles. The average molecular weight is 397 g/mol.